The third-order valence-electron chi connectivity index (χ3n) is 11.2. The molecule has 1 aromatic rings. The van der Waals surface area contributed by atoms with Crippen LogP contribution in [0.25, 0.3) is 0 Å². The van der Waals surface area contributed by atoms with E-state index < -0.39 is 0 Å². The highest BCUT2D eigenvalue weighted by Gasteiger charge is 2.67. The second-order valence-corrected chi connectivity index (χ2v) is 13.4. The summed E-state index contributed by atoms with van der Waals surface area (Å²) in [5, 5.41) is 2.94. The molecule has 1 amide bonds. The van der Waals surface area contributed by atoms with Gasteiger partial charge < -0.3 is 24.3 Å². The molecule has 0 aliphatic heterocycles. The molecule has 37 heavy (non-hydrogen) atoms. The second kappa shape index (κ2) is 10.1. The van der Waals surface area contributed by atoms with E-state index in [0.717, 1.165) is 23.7 Å². The first-order valence-corrected chi connectivity index (χ1v) is 14.3. The molecule has 2 bridgehead atoms. The fraction of sp³-hybridized carbons (Fsp3) is 0.774. The van der Waals surface area contributed by atoms with Crippen LogP contribution >= 0.6 is 0 Å². The minimum atomic E-state index is -0.320. The second-order valence-electron chi connectivity index (χ2n) is 13.4. The number of alkyl carbamates (subject to hydrolysis) is 1. The minimum Gasteiger partial charge on any atom is -0.497 e. The molecule has 4 aliphatic carbocycles. The third-order valence-corrected chi connectivity index (χ3v) is 11.2. The van der Waals surface area contributed by atoms with E-state index in [-0.39, 0.29) is 16.9 Å². The number of carbonyl (C=O) groups is 1. The predicted molar refractivity (Wildman–Crippen MR) is 143 cm³/mol. The molecule has 0 unspecified atom stereocenters. The summed E-state index contributed by atoms with van der Waals surface area (Å²) in [7, 11) is 3.38. The van der Waals surface area contributed by atoms with Crippen LogP contribution in [0.4, 0.5) is 4.79 Å². The molecule has 0 heterocycles. The molecular formula is C31H47NO5. The van der Waals surface area contributed by atoms with Crippen molar-refractivity contribution in [1.29, 1.82) is 0 Å². The summed E-state index contributed by atoms with van der Waals surface area (Å²) in [5.74, 6) is 2.13. The zero-order valence-corrected chi connectivity index (χ0v) is 23.6. The van der Waals surface area contributed by atoms with E-state index in [1.165, 1.54) is 51.4 Å². The van der Waals surface area contributed by atoms with E-state index in [1.54, 1.807) is 14.2 Å². The van der Waals surface area contributed by atoms with Gasteiger partial charge in [0.15, 0.2) is 0 Å². The van der Waals surface area contributed by atoms with Crippen LogP contribution in [-0.4, -0.2) is 39.8 Å². The maximum Gasteiger partial charge on any atom is 0.407 e. The van der Waals surface area contributed by atoms with Crippen LogP contribution in [0.3, 0.4) is 0 Å². The first kappa shape index (κ1) is 26.8. The summed E-state index contributed by atoms with van der Waals surface area (Å²) in [6, 6.07) is 7.75. The summed E-state index contributed by atoms with van der Waals surface area (Å²) in [4.78, 5) is 12.7. The van der Waals surface area contributed by atoms with Gasteiger partial charge in [0.05, 0.1) is 19.8 Å². The number of nitrogens with one attached hydrogen (secondary N) is 1. The number of methoxy groups -OCH3 is 2. The quantitative estimate of drug-likeness (QED) is 0.391. The lowest BCUT2D eigenvalue weighted by Crippen LogP contribution is -2.58. The van der Waals surface area contributed by atoms with Crippen molar-refractivity contribution in [2.45, 2.75) is 91.2 Å². The first-order chi connectivity index (χ1) is 17.7. The Kier molecular flexibility index (Phi) is 7.29. The van der Waals surface area contributed by atoms with Gasteiger partial charge in [-0.15, -0.1) is 0 Å². The van der Waals surface area contributed by atoms with Crippen LogP contribution in [-0.2, 0) is 20.8 Å². The van der Waals surface area contributed by atoms with E-state index in [2.05, 4.69) is 26.1 Å². The highest BCUT2D eigenvalue weighted by molar-refractivity contribution is 5.67. The Bertz CT molecular complexity index is 967. The number of ether oxygens (including phenoxy) is 4. The maximum absolute atomic E-state index is 12.7. The van der Waals surface area contributed by atoms with Crippen LogP contribution in [0.15, 0.2) is 24.3 Å². The Morgan fingerprint density at radius 2 is 1.76 bits per heavy atom. The van der Waals surface area contributed by atoms with Crippen molar-refractivity contribution in [3.05, 3.63) is 29.8 Å². The Balaban J connectivity index is 1.23. The molecule has 0 aromatic heterocycles. The smallest absolute Gasteiger partial charge is 0.407 e. The largest absolute Gasteiger partial charge is 0.497 e. The van der Waals surface area contributed by atoms with Crippen LogP contribution < -0.4 is 10.1 Å². The van der Waals surface area contributed by atoms with E-state index in [1.807, 2.05) is 24.3 Å². The average molecular weight is 514 g/mol. The molecule has 1 N–H and O–H groups in total. The fourth-order valence-electron chi connectivity index (χ4n) is 9.62. The van der Waals surface area contributed by atoms with Gasteiger partial charge in [-0.1, -0.05) is 39.3 Å². The lowest BCUT2D eigenvalue weighted by atomic mass is 9.40. The van der Waals surface area contributed by atoms with Gasteiger partial charge in [-0.3, -0.25) is 0 Å². The van der Waals surface area contributed by atoms with Gasteiger partial charge in [0.2, 0.25) is 0 Å². The van der Waals surface area contributed by atoms with E-state index in [9.17, 15) is 4.79 Å². The van der Waals surface area contributed by atoms with Crippen molar-refractivity contribution in [2.75, 3.05) is 27.6 Å². The van der Waals surface area contributed by atoms with Gasteiger partial charge in [-0.2, -0.15) is 0 Å². The highest BCUT2D eigenvalue weighted by Crippen LogP contribution is 2.74. The molecule has 5 rings (SSSR count). The van der Waals surface area contributed by atoms with Crippen molar-refractivity contribution < 1.29 is 23.7 Å². The average Bonchev–Trinajstić information content (AvgIpc) is 3.09. The third kappa shape index (κ3) is 4.78. The van der Waals surface area contributed by atoms with Gasteiger partial charge in [0.25, 0.3) is 0 Å². The molecule has 7 atom stereocenters. The van der Waals surface area contributed by atoms with Gasteiger partial charge in [0, 0.05) is 19.1 Å². The number of benzene rings is 1. The zero-order valence-electron chi connectivity index (χ0n) is 23.6. The van der Waals surface area contributed by atoms with Crippen molar-refractivity contribution >= 4 is 6.09 Å². The van der Waals surface area contributed by atoms with Crippen LogP contribution in [0.2, 0.25) is 0 Å². The molecule has 4 fully saturated rings. The topological polar surface area (TPSA) is 66.0 Å². The number of amides is 1. The van der Waals surface area contributed by atoms with E-state index in [0.29, 0.717) is 42.8 Å². The molecular weight excluding hydrogens is 466 g/mol. The molecule has 6 nitrogen and oxygen atoms in total. The van der Waals surface area contributed by atoms with Gasteiger partial charge in [0.1, 0.15) is 12.5 Å². The van der Waals surface area contributed by atoms with Crippen molar-refractivity contribution in [3.63, 3.8) is 0 Å². The molecule has 4 saturated carbocycles. The Morgan fingerprint density at radius 1 is 1.00 bits per heavy atom. The maximum atomic E-state index is 12.7. The standard InChI is InChI=1S/C31H47NO5/c1-28-15-11-25-30(3)14-6-13-29(2,20-36-27(33)32-18-22-7-9-23(35-5)10-8-22)24(30)12-16-31(25,19-28)17-26(28)37-21-34-4/h7-10,24-26H,6,11-21H2,1-5H3,(H,32,33)/t24-,25+,26-,28+,29+,30-,31+/m1/s1. The molecule has 1 spiro atoms. The fourth-order valence-corrected chi connectivity index (χ4v) is 9.62. The lowest BCUT2D eigenvalue weighted by molar-refractivity contribution is -0.163. The summed E-state index contributed by atoms with van der Waals surface area (Å²) >= 11 is 0. The lowest BCUT2D eigenvalue weighted by Gasteiger charge is -2.64. The van der Waals surface area contributed by atoms with Crippen molar-refractivity contribution in [3.8, 4) is 5.75 Å². The van der Waals surface area contributed by atoms with Crippen molar-refractivity contribution in [2.24, 2.45) is 33.5 Å². The van der Waals surface area contributed by atoms with Gasteiger partial charge in [-0.25, -0.2) is 4.79 Å². The number of hydrogen-bond donors (Lipinski definition) is 1. The molecule has 6 heteroatoms. The Labute approximate surface area is 223 Å². The number of rotatable bonds is 8. The van der Waals surface area contributed by atoms with Gasteiger partial charge in [-0.05, 0) is 97.1 Å². The van der Waals surface area contributed by atoms with Crippen LogP contribution in [0.1, 0.15) is 84.1 Å². The van der Waals surface area contributed by atoms with Gasteiger partial charge >= 0.3 is 6.09 Å². The Hall–Kier alpha value is -1.79. The molecule has 0 saturated heterocycles. The summed E-state index contributed by atoms with van der Waals surface area (Å²) < 4.78 is 22.7. The molecule has 0 radical (unpaired) electrons. The summed E-state index contributed by atoms with van der Waals surface area (Å²) in [6.45, 7) is 8.77. The normalized spacial score (nSPS) is 40.4. The monoisotopic (exact) mass is 513 g/mol. The van der Waals surface area contributed by atoms with Crippen LogP contribution in [0.5, 0.6) is 5.75 Å². The number of carbonyl (C=O) groups excluding carboxylic acids is 1. The molecule has 1 aromatic carbocycles. The number of fused-ring (bicyclic) bond motifs is 3. The van der Waals surface area contributed by atoms with E-state index >= 15 is 0 Å². The predicted octanol–water partition coefficient (Wildman–Crippen LogP) is 6.71. The molecule has 206 valence electrons. The minimum absolute atomic E-state index is 0.0252. The summed E-state index contributed by atoms with van der Waals surface area (Å²) in [5.41, 5.74) is 2.02. The summed E-state index contributed by atoms with van der Waals surface area (Å²) in [6.07, 6.45) is 11.2. The number of hydrogen-bond acceptors (Lipinski definition) is 5. The zero-order chi connectivity index (χ0) is 26.3. The SMILES string of the molecule is COCO[C@@H]1C[C@]23CC[C@@H]4[C@](C)(COC(=O)NCc5ccc(OC)cc5)CCC[C@@]4(C)[C@@H]2CC[C@@]1(C)C3. The van der Waals surface area contributed by atoms with E-state index in [4.69, 9.17) is 18.9 Å². The Morgan fingerprint density at radius 3 is 2.49 bits per heavy atom. The molecule has 4 aliphatic rings. The first-order valence-electron chi connectivity index (χ1n) is 14.3. The highest BCUT2D eigenvalue weighted by atomic mass is 16.7. The van der Waals surface area contributed by atoms with Crippen molar-refractivity contribution in [1.82, 2.24) is 5.32 Å². The van der Waals surface area contributed by atoms with Crippen LogP contribution in [0, 0.1) is 33.5 Å².